The van der Waals surface area contributed by atoms with Crippen molar-refractivity contribution in [3.63, 3.8) is 0 Å². The second-order valence-electron chi connectivity index (χ2n) is 6.65. The van der Waals surface area contributed by atoms with E-state index in [0.29, 0.717) is 24.3 Å². The van der Waals surface area contributed by atoms with Crippen molar-refractivity contribution < 1.29 is 19.5 Å². The van der Waals surface area contributed by atoms with Crippen molar-refractivity contribution in [1.29, 1.82) is 0 Å². The number of anilines is 1. The first-order valence-corrected chi connectivity index (χ1v) is 9.53. The van der Waals surface area contributed by atoms with Crippen molar-refractivity contribution in [2.45, 2.75) is 32.6 Å². The van der Waals surface area contributed by atoms with E-state index in [0.717, 1.165) is 23.4 Å². The number of benzene rings is 1. The second-order valence-corrected chi connectivity index (χ2v) is 7.71. The van der Waals surface area contributed by atoms with Gasteiger partial charge in [0.1, 0.15) is 4.88 Å². The summed E-state index contributed by atoms with van der Waals surface area (Å²) >= 11 is 1.21. The van der Waals surface area contributed by atoms with E-state index in [9.17, 15) is 14.4 Å². The summed E-state index contributed by atoms with van der Waals surface area (Å²) in [4.78, 5) is 41.4. The maximum atomic E-state index is 12.8. The van der Waals surface area contributed by atoms with Crippen LogP contribution in [0.2, 0.25) is 0 Å². The molecule has 7 nitrogen and oxygen atoms in total. The number of carboxylic acids is 1. The van der Waals surface area contributed by atoms with E-state index in [4.69, 9.17) is 5.11 Å². The number of aromatic carboxylic acids is 1. The molecule has 0 bridgehead atoms. The minimum Gasteiger partial charge on any atom is -0.477 e. The molecule has 0 spiro atoms. The Bertz CT molecular complexity index is 885. The lowest BCUT2D eigenvalue weighted by atomic mass is 9.97. The van der Waals surface area contributed by atoms with Gasteiger partial charge in [-0.3, -0.25) is 9.59 Å². The Hall–Kier alpha value is -2.74. The topological polar surface area (TPSA) is 99.6 Å². The zero-order valence-corrected chi connectivity index (χ0v) is 16.0. The maximum absolute atomic E-state index is 12.8. The minimum atomic E-state index is -0.958. The number of hydrogen-bond acceptors (Lipinski definition) is 5. The number of amides is 2. The van der Waals surface area contributed by atoms with Gasteiger partial charge in [0.25, 0.3) is 5.91 Å². The Kier molecular flexibility index (Phi) is 5.55. The highest BCUT2D eigenvalue weighted by Gasteiger charge is 2.27. The van der Waals surface area contributed by atoms with Crippen LogP contribution in [0, 0.1) is 6.92 Å². The molecule has 1 aliphatic heterocycles. The van der Waals surface area contributed by atoms with E-state index in [2.05, 4.69) is 10.3 Å². The highest BCUT2D eigenvalue weighted by atomic mass is 32.1. The molecule has 1 aromatic carbocycles. The molecular formula is C19H21N3O4S. The molecule has 142 valence electrons. The van der Waals surface area contributed by atoms with Crippen LogP contribution in [-0.2, 0) is 4.79 Å². The predicted molar refractivity (Wildman–Crippen MR) is 102 cm³/mol. The van der Waals surface area contributed by atoms with Gasteiger partial charge < -0.3 is 15.3 Å². The predicted octanol–water partition coefficient (Wildman–Crippen LogP) is 3.13. The summed E-state index contributed by atoms with van der Waals surface area (Å²) in [5.41, 5.74) is 2.09. The number of nitrogens with zero attached hydrogens (tertiary/aromatic N) is 2. The van der Waals surface area contributed by atoms with Crippen LogP contribution in [0.1, 0.15) is 56.3 Å². The highest BCUT2D eigenvalue weighted by Crippen LogP contribution is 2.31. The van der Waals surface area contributed by atoms with E-state index >= 15 is 0 Å². The molecule has 0 saturated carbocycles. The van der Waals surface area contributed by atoms with E-state index in [-0.39, 0.29) is 22.6 Å². The molecule has 2 aromatic rings. The van der Waals surface area contributed by atoms with E-state index in [1.165, 1.54) is 24.5 Å². The van der Waals surface area contributed by atoms with Crippen molar-refractivity contribution in [3.8, 4) is 0 Å². The molecule has 1 fully saturated rings. The van der Waals surface area contributed by atoms with Crippen molar-refractivity contribution in [2.24, 2.45) is 0 Å². The minimum absolute atomic E-state index is 0.0644. The van der Waals surface area contributed by atoms with E-state index < -0.39 is 5.97 Å². The summed E-state index contributed by atoms with van der Waals surface area (Å²) in [6.07, 6.45) is 2.90. The van der Waals surface area contributed by atoms with Crippen LogP contribution in [0.3, 0.4) is 0 Å². The summed E-state index contributed by atoms with van der Waals surface area (Å²) < 4.78 is 0. The summed E-state index contributed by atoms with van der Waals surface area (Å²) in [5, 5.41) is 12.6. The van der Waals surface area contributed by atoms with Gasteiger partial charge in [-0.25, -0.2) is 9.78 Å². The van der Waals surface area contributed by atoms with Gasteiger partial charge in [-0.1, -0.05) is 6.07 Å². The van der Waals surface area contributed by atoms with Gasteiger partial charge in [0.15, 0.2) is 0 Å². The van der Waals surface area contributed by atoms with Crippen molar-refractivity contribution in [2.75, 3.05) is 18.4 Å². The SMILES string of the molecule is CC(=O)Nc1cc(C(=O)N2CCC(c3ncc(C(=O)O)s3)CC2)ccc1C. The summed E-state index contributed by atoms with van der Waals surface area (Å²) in [5.74, 6) is -1.01. The highest BCUT2D eigenvalue weighted by molar-refractivity contribution is 7.13. The number of piperidine rings is 1. The van der Waals surface area contributed by atoms with Crippen LogP contribution in [-0.4, -0.2) is 45.9 Å². The average molecular weight is 387 g/mol. The molecule has 3 rings (SSSR count). The molecule has 0 radical (unpaired) electrons. The number of carbonyl (C=O) groups excluding carboxylic acids is 2. The number of carbonyl (C=O) groups is 3. The fraction of sp³-hybridized carbons (Fsp3) is 0.368. The molecule has 2 N–H and O–H groups in total. The third-order valence-corrected chi connectivity index (χ3v) is 5.81. The van der Waals surface area contributed by atoms with E-state index in [1.54, 1.807) is 17.0 Å². The van der Waals surface area contributed by atoms with Gasteiger partial charge in [0.2, 0.25) is 5.91 Å². The Balaban J connectivity index is 1.66. The van der Waals surface area contributed by atoms with Crippen LogP contribution in [0.15, 0.2) is 24.4 Å². The Morgan fingerprint density at radius 2 is 1.96 bits per heavy atom. The van der Waals surface area contributed by atoms with E-state index in [1.807, 2.05) is 13.0 Å². The lowest BCUT2D eigenvalue weighted by Crippen LogP contribution is -2.38. The number of nitrogens with one attached hydrogen (secondary N) is 1. The van der Waals surface area contributed by atoms with Crippen LogP contribution in [0.5, 0.6) is 0 Å². The number of hydrogen-bond donors (Lipinski definition) is 2. The largest absolute Gasteiger partial charge is 0.477 e. The molecule has 0 aliphatic carbocycles. The first kappa shape index (κ1) is 19.0. The third-order valence-electron chi connectivity index (χ3n) is 4.66. The van der Waals surface area contributed by atoms with Crippen molar-refractivity contribution in [3.05, 3.63) is 45.4 Å². The lowest BCUT2D eigenvalue weighted by molar-refractivity contribution is -0.114. The lowest BCUT2D eigenvalue weighted by Gasteiger charge is -2.31. The van der Waals surface area contributed by atoms with Gasteiger partial charge in [-0.15, -0.1) is 11.3 Å². The molecule has 8 heteroatoms. The molecule has 1 aliphatic rings. The second kappa shape index (κ2) is 7.87. The zero-order chi connectivity index (χ0) is 19.6. The number of carboxylic acid groups (broad SMARTS) is 1. The Morgan fingerprint density at radius 1 is 1.26 bits per heavy atom. The zero-order valence-electron chi connectivity index (χ0n) is 15.2. The molecule has 2 heterocycles. The van der Waals surface area contributed by atoms with Crippen molar-refractivity contribution >= 4 is 34.8 Å². The molecule has 1 aromatic heterocycles. The number of rotatable bonds is 4. The number of likely N-dealkylation sites (tertiary alicyclic amines) is 1. The van der Waals surface area contributed by atoms with Crippen LogP contribution >= 0.6 is 11.3 Å². The molecule has 27 heavy (non-hydrogen) atoms. The summed E-state index contributed by atoms with van der Waals surface area (Å²) in [6.45, 7) is 4.50. The standard InChI is InChI=1S/C19H21N3O4S/c1-11-3-4-14(9-15(11)21-12(2)23)18(24)22-7-5-13(6-8-22)17-20-10-16(27-17)19(25)26/h3-4,9-10,13H,5-8H2,1-2H3,(H,21,23)(H,25,26). The Labute approximate surface area is 161 Å². The normalized spacial score (nSPS) is 14.8. The number of aryl methyl sites for hydroxylation is 1. The van der Waals surface area contributed by atoms with Crippen LogP contribution in [0.25, 0.3) is 0 Å². The van der Waals surface area contributed by atoms with Gasteiger partial charge in [-0.05, 0) is 37.5 Å². The van der Waals surface area contributed by atoms with Gasteiger partial charge in [0.05, 0.1) is 11.2 Å². The average Bonchev–Trinajstić information content (AvgIpc) is 3.13. The summed E-state index contributed by atoms with van der Waals surface area (Å²) in [7, 11) is 0. The molecule has 1 saturated heterocycles. The van der Waals surface area contributed by atoms with Crippen molar-refractivity contribution in [1.82, 2.24) is 9.88 Å². The molecule has 0 unspecified atom stereocenters. The smallest absolute Gasteiger partial charge is 0.347 e. The quantitative estimate of drug-likeness (QED) is 0.840. The first-order chi connectivity index (χ1) is 12.8. The maximum Gasteiger partial charge on any atom is 0.347 e. The summed E-state index contributed by atoms with van der Waals surface area (Å²) in [6, 6.07) is 5.31. The van der Waals surface area contributed by atoms with Crippen LogP contribution in [0.4, 0.5) is 5.69 Å². The van der Waals surface area contributed by atoms with Crippen LogP contribution < -0.4 is 5.32 Å². The number of thiazole rings is 1. The molecular weight excluding hydrogens is 366 g/mol. The molecule has 2 amide bonds. The fourth-order valence-corrected chi connectivity index (χ4v) is 4.09. The van der Waals surface area contributed by atoms with Gasteiger partial charge >= 0.3 is 5.97 Å². The first-order valence-electron chi connectivity index (χ1n) is 8.71. The fourth-order valence-electron chi connectivity index (χ4n) is 3.17. The van der Waals surface area contributed by atoms with Gasteiger partial charge in [0, 0.05) is 37.2 Å². The number of aromatic nitrogens is 1. The molecule has 0 atom stereocenters. The monoisotopic (exact) mass is 387 g/mol. The Morgan fingerprint density at radius 3 is 2.56 bits per heavy atom. The van der Waals surface area contributed by atoms with Gasteiger partial charge in [-0.2, -0.15) is 0 Å². The third kappa shape index (κ3) is 4.33.